The van der Waals surface area contributed by atoms with Gasteiger partial charge in [-0.15, -0.1) is 0 Å². The van der Waals surface area contributed by atoms with Gasteiger partial charge in [0.2, 0.25) is 0 Å². The van der Waals surface area contributed by atoms with Gasteiger partial charge < -0.3 is 10.6 Å². The van der Waals surface area contributed by atoms with Crippen molar-refractivity contribution in [2.75, 3.05) is 18.0 Å². The molecule has 0 saturated heterocycles. The third-order valence-corrected chi connectivity index (χ3v) is 3.04. The minimum absolute atomic E-state index is 0.109. The van der Waals surface area contributed by atoms with Gasteiger partial charge in [0.05, 0.1) is 0 Å². The van der Waals surface area contributed by atoms with E-state index < -0.39 is 0 Å². The van der Waals surface area contributed by atoms with Crippen molar-refractivity contribution in [1.82, 2.24) is 4.98 Å². The zero-order valence-corrected chi connectivity index (χ0v) is 10.8. The molecule has 0 amide bonds. The molecular weight excluding hydrogens is 198 g/mol. The molecule has 0 fully saturated rings. The maximum atomic E-state index is 6.03. The molecule has 1 aromatic heterocycles. The fraction of sp³-hybridized carbons (Fsp3) is 0.615. The summed E-state index contributed by atoms with van der Waals surface area (Å²) in [5.74, 6) is 1.05. The van der Waals surface area contributed by atoms with E-state index in [0.717, 1.165) is 31.0 Å². The first-order chi connectivity index (χ1) is 7.63. The standard InChI is InChI=1S/C13H23N3/c1-5-12(14)11-8-9-13(15-10(11)4)16(6-2)7-3/h8-9,12H,5-7,14H2,1-4H3/t12-/m0/s1. The van der Waals surface area contributed by atoms with E-state index in [-0.39, 0.29) is 6.04 Å². The van der Waals surface area contributed by atoms with Crippen LogP contribution in [0.2, 0.25) is 0 Å². The Labute approximate surface area is 98.7 Å². The lowest BCUT2D eigenvalue weighted by molar-refractivity contribution is 0.687. The lowest BCUT2D eigenvalue weighted by atomic mass is 10.0. The van der Waals surface area contributed by atoms with Crippen molar-refractivity contribution in [3.8, 4) is 0 Å². The summed E-state index contributed by atoms with van der Waals surface area (Å²) in [6.07, 6.45) is 0.952. The van der Waals surface area contributed by atoms with Crippen LogP contribution >= 0.6 is 0 Å². The average Bonchev–Trinajstić information content (AvgIpc) is 2.30. The van der Waals surface area contributed by atoms with Crippen LogP contribution in [-0.4, -0.2) is 18.1 Å². The quantitative estimate of drug-likeness (QED) is 0.831. The predicted octanol–water partition coefficient (Wildman–Crippen LogP) is 2.65. The molecule has 0 spiro atoms. The molecule has 90 valence electrons. The fourth-order valence-electron chi connectivity index (χ4n) is 1.89. The number of nitrogens with two attached hydrogens (primary N) is 1. The summed E-state index contributed by atoms with van der Waals surface area (Å²) in [5.41, 5.74) is 8.25. The van der Waals surface area contributed by atoms with Crippen LogP contribution in [0, 0.1) is 6.92 Å². The Kier molecular flexibility index (Phi) is 4.74. The van der Waals surface area contributed by atoms with Gasteiger partial charge in [0.1, 0.15) is 5.82 Å². The molecule has 3 nitrogen and oxygen atoms in total. The summed E-state index contributed by atoms with van der Waals surface area (Å²) >= 11 is 0. The maximum absolute atomic E-state index is 6.03. The van der Waals surface area contributed by atoms with E-state index in [1.165, 1.54) is 5.56 Å². The van der Waals surface area contributed by atoms with Crippen molar-refractivity contribution in [2.45, 2.75) is 40.2 Å². The molecule has 0 saturated carbocycles. The van der Waals surface area contributed by atoms with Gasteiger partial charge in [-0.25, -0.2) is 4.98 Å². The number of aryl methyl sites for hydroxylation is 1. The van der Waals surface area contributed by atoms with Crippen LogP contribution < -0.4 is 10.6 Å². The first-order valence-corrected chi connectivity index (χ1v) is 6.12. The number of nitrogens with zero attached hydrogens (tertiary/aromatic N) is 2. The van der Waals surface area contributed by atoms with E-state index >= 15 is 0 Å². The number of pyridine rings is 1. The summed E-state index contributed by atoms with van der Waals surface area (Å²) in [6.45, 7) is 10.4. The van der Waals surface area contributed by atoms with Crippen molar-refractivity contribution >= 4 is 5.82 Å². The molecule has 0 unspecified atom stereocenters. The highest BCUT2D eigenvalue weighted by atomic mass is 15.2. The molecule has 3 heteroatoms. The van der Waals surface area contributed by atoms with E-state index in [9.17, 15) is 0 Å². The zero-order chi connectivity index (χ0) is 12.1. The van der Waals surface area contributed by atoms with Gasteiger partial charge in [-0.3, -0.25) is 0 Å². The lowest BCUT2D eigenvalue weighted by Crippen LogP contribution is -2.23. The summed E-state index contributed by atoms with van der Waals surface area (Å²) in [4.78, 5) is 6.87. The Morgan fingerprint density at radius 1 is 1.25 bits per heavy atom. The smallest absolute Gasteiger partial charge is 0.128 e. The van der Waals surface area contributed by atoms with Crippen LogP contribution in [0.25, 0.3) is 0 Å². The van der Waals surface area contributed by atoms with Gasteiger partial charge in [-0.05, 0) is 38.8 Å². The highest BCUT2D eigenvalue weighted by Gasteiger charge is 2.10. The second-order valence-electron chi connectivity index (χ2n) is 4.03. The van der Waals surface area contributed by atoms with Crippen LogP contribution in [0.4, 0.5) is 5.82 Å². The Hall–Kier alpha value is -1.09. The van der Waals surface area contributed by atoms with Crippen LogP contribution in [0.1, 0.15) is 44.5 Å². The highest BCUT2D eigenvalue weighted by Crippen LogP contribution is 2.20. The topological polar surface area (TPSA) is 42.1 Å². The predicted molar refractivity (Wildman–Crippen MR) is 69.8 cm³/mol. The number of hydrogen-bond acceptors (Lipinski definition) is 3. The number of anilines is 1. The molecule has 1 aromatic rings. The average molecular weight is 221 g/mol. The fourth-order valence-corrected chi connectivity index (χ4v) is 1.89. The van der Waals surface area contributed by atoms with Crippen LogP contribution in [0.15, 0.2) is 12.1 Å². The molecule has 1 heterocycles. The zero-order valence-electron chi connectivity index (χ0n) is 10.8. The largest absolute Gasteiger partial charge is 0.357 e. The van der Waals surface area contributed by atoms with Gasteiger partial charge in [0, 0.05) is 24.8 Å². The van der Waals surface area contributed by atoms with Gasteiger partial charge in [0.15, 0.2) is 0 Å². The molecule has 0 aliphatic rings. The van der Waals surface area contributed by atoms with Gasteiger partial charge in [-0.1, -0.05) is 13.0 Å². The lowest BCUT2D eigenvalue weighted by Gasteiger charge is -2.21. The number of aromatic nitrogens is 1. The minimum Gasteiger partial charge on any atom is -0.357 e. The summed E-state index contributed by atoms with van der Waals surface area (Å²) < 4.78 is 0. The molecule has 1 atom stereocenters. The van der Waals surface area contributed by atoms with Crippen LogP contribution in [0.3, 0.4) is 0 Å². The van der Waals surface area contributed by atoms with Crippen molar-refractivity contribution < 1.29 is 0 Å². The molecule has 0 radical (unpaired) electrons. The van der Waals surface area contributed by atoms with Gasteiger partial charge >= 0.3 is 0 Å². The van der Waals surface area contributed by atoms with Crippen molar-refractivity contribution in [3.63, 3.8) is 0 Å². The van der Waals surface area contributed by atoms with E-state index in [2.05, 4.69) is 42.8 Å². The number of rotatable bonds is 5. The van der Waals surface area contributed by atoms with Crippen LogP contribution in [-0.2, 0) is 0 Å². The first kappa shape index (κ1) is 13.0. The van der Waals surface area contributed by atoms with Gasteiger partial charge in [0.25, 0.3) is 0 Å². The molecule has 0 aliphatic carbocycles. The van der Waals surface area contributed by atoms with E-state index in [1.807, 2.05) is 6.92 Å². The van der Waals surface area contributed by atoms with Crippen LogP contribution in [0.5, 0.6) is 0 Å². The summed E-state index contributed by atoms with van der Waals surface area (Å²) in [7, 11) is 0. The highest BCUT2D eigenvalue weighted by molar-refractivity contribution is 5.42. The molecule has 0 aliphatic heterocycles. The summed E-state index contributed by atoms with van der Waals surface area (Å²) in [6, 6.07) is 4.30. The Bertz CT molecular complexity index is 332. The second-order valence-corrected chi connectivity index (χ2v) is 4.03. The second kappa shape index (κ2) is 5.85. The van der Waals surface area contributed by atoms with Crippen molar-refractivity contribution in [2.24, 2.45) is 5.73 Å². The third-order valence-electron chi connectivity index (χ3n) is 3.04. The Morgan fingerprint density at radius 3 is 2.31 bits per heavy atom. The SMILES string of the molecule is CC[C@H](N)c1ccc(N(CC)CC)nc1C. The van der Waals surface area contributed by atoms with Crippen molar-refractivity contribution in [3.05, 3.63) is 23.4 Å². The molecule has 16 heavy (non-hydrogen) atoms. The normalized spacial score (nSPS) is 12.6. The first-order valence-electron chi connectivity index (χ1n) is 6.12. The molecule has 1 rings (SSSR count). The summed E-state index contributed by atoms with van der Waals surface area (Å²) in [5, 5.41) is 0. The molecule has 2 N–H and O–H groups in total. The third kappa shape index (κ3) is 2.73. The van der Waals surface area contributed by atoms with E-state index in [4.69, 9.17) is 5.73 Å². The molecular formula is C13H23N3. The maximum Gasteiger partial charge on any atom is 0.128 e. The minimum atomic E-state index is 0.109. The van der Waals surface area contributed by atoms with Crippen molar-refractivity contribution in [1.29, 1.82) is 0 Å². The van der Waals surface area contributed by atoms with E-state index in [0.29, 0.717) is 0 Å². The molecule has 0 aromatic carbocycles. The Balaban J connectivity index is 2.98. The number of hydrogen-bond donors (Lipinski definition) is 1. The monoisotopic (exact) mass is 221 g/mol. The van der Waals surface area contributed by atoms with E-state index in [1.54, 1.807) is 0 Å². The van der Waals surface area contributed by atoms with Gasteiger partial charge in [-0.2, -0.15) is 0 Å². The Morgan fingerprint density at radius 2 is 1.88 bits per heavy atom. The molecule has 0 bridgehead atoms.